The van der Waals surface area contributed by atoms with Crippen LogP contribution in [0.25, 0.3) is 0 Å². The van der Waals surface area contributed by atoms with Gasteiger partial charge in [-0.2, -0.15) is 17.0 Å². The minimum Gasteiger partial charge on any atom is -0.316 e. The number of hydrogen-bond acceptors (Lipinski definition) is 3. The van der Waals surface area contributed by atoms with Crippen LogP contribution >= 0.6 is 0 Å². The van der Waals surface area contributed by atoms with Gasteiger partial charge < -0.3 is 5.32 Å². The van der Waals surface area contributed by atoms with Crippen molar-refractivity contribution in [2.24, 2.45) is 5.92 Å². The molecule has 5 nitrogen and oxygen atoms in total. The second-order valence-electron chi connectivity index (χ2n) is 5.22. The van der Waals surface area contributed by atoms with E-state index in [1.54, 1.807) is 18.4 Å². The molecule has 2 unspecified atom stereocenters. The minimum atomic E-state index is -3.24. The summed E-state index contributed by atoms with van der Waals surface area (Å²) in [5.41, 5.74) is 0. The Morgan fingerprint density at radius 3 is 2.59 bits per heavy atom. The lowest BCUT2D eigenvalue weighted by Crippen LogP contribution is -2.48. The van der Waals surface area contributed by atoms with Crippen molar-refractivity contribution in [1.29, 1.82) is 0 Å². The van der Waals surface area contributed by atoms with E-state index in [1.165, 1.54) is 4.31 Å². The van der Waals surface area contributed by atoms with Gasteiger partial charge in [0.05, 0.1) is 0 Å². The molecule has 0 aliphatic carbocycles. The molecule has 0 bridgehead atoms. The van der Waals surface area contributed by atoms with Crippen LogP contribution in [0, 0.1) is 5.92 Å². The fourth-order valence-corrected chi connectivity index (χ4v) is 4.34. The van der Waals surface area contributed by atoms with Gasteiger partial charge in [0.25, 0.3) is 10.2 Å². The summed E-state index contributed by atoms with van der Waals surface area (Å²) in [5.74, 6) is 0.487. The summed E-state index contributed by atoms with van der Waals surface area (Å²) >= 11 is 0. The smallest absolute Gasteiger partial charge is 0.281 e. The average molecular weight is 261 g/mol. The first kappa shape index (κ1) is 13.3. The zero-order valence-corrected chi connectivity index (χ0v) is 11.5. The maximum Gasteiger partial charge on any atom is 0.281 e. The fraction of sp³-hybridized carbons (Fsp3) is 1.00. The van der Waals surface area contributed by atoms with Gasteiger partial charge in [-0.25, -0.2) is 0 Å². The lowest BCUT2D eigenvalue weighted by Gasteiger charge is -2.34. The van der Waals surface area contributed by atoms with Gasteiger partial charge in [-0.3, -0.25) is 0 Å². The molecule has 0 amide bonds. The molecule has 0 spiro atoms. The first-order valence-corrected chi connectivity index (χ1v) is 7.83. The Hall–Kier alpha value is -0.170. The third-order valence-corrected chi connectivity index (χ3v) is 5.85. The summed E-state index contributed by atoms with van der Waals surface area (Å²) < 4.78 is 27.5. The third kappa shape index (κ3) is 2.65. The van der Waals surface area contributed by atoms with Crippen molar-refractivity contribution in [3.63, 3.8) is 0 Å². The van der Waals surface area contributed by atoms with Gasteiger partial charge in [0.2, 0.25) is 0 Å². The quantitative estimate of drug-likeness (QED) is 0.793. The van der Waals surface area contributed by atoms with E-state index in [1.807, 2.05) is 0 Å². The van der Waals surface area contributed by atoms with E-state index in [-0.39, 0.29) is 6.04 Å². The fourth-order valence-electron chi connectivity index (χ4n) is 2.94. The van der Waals surface area contributed by atoms with Gasteiger partial charge in [0, 0.05) is 26.7 Å². The van der Waals surface area contributed by atoms with E-state index < -0.39 is 10.2 Å². The molecular formula is C11H23N3O2S. The zero-order chi connectivity index (χ0) is 12.5. The highest BCUT2D eigenvalue weighted by Crippen LogP contribution is 2.30. The van der Waals surface area contributed by atoms with Crippen LogP contribution in [0.1, 0.15) is 25.7 Å². The average Bonchev–Trinajstić information content (AvgIpc) is 2.79. The minimum absolute atomic E-state index is 0.204. The molecular weight excluding hydrogens is 238 g/mol. The first-order valence-electron chi connectivity index (χ1n) is 6.43. The maximum absolute atomic E-state index is 12.2. The number of rotatable bonds is 3. The van der Waals surface area contributed by atoms with Crippen LogP contribution in [-0.2, 0) is 10.2 Å². The van der Waals surface area contributed by atoms with Gasteiger partial charge in [0.1, 0.15) is 0 Å². The van der Waals surface area contributed by atoms with Crippen molar-refractivity contribution in [3.8, 4) is 0 Å². The molecule has 17 heavy (non-hydrogen) atoms. The number of nitrogens with one attached hydrogen (secondary N) is 1. The van der Waals surface area contributed by atoms with Crippen LogP contribution in [0.3, 0.4) is 0 Å². The summed E-state index contributed by atoms with van der Waals surface area (Å²) in [5, 5.41) is 3.38. The number of hydrogen-bond donors (Lipinski definition) is 1. The highest BCUT2D eigenvalue weighted by molar-refractivity contribution is 7.86. The first-order chi connectivity index (χ1) is 8.03. The van der Waals surface area contributed by atoms with E-state index in [4.69, 9.17) is 0 Å². The van der Waals surface area contributed by atoms with E-state index in [9.17, 15) is 8.42 Å². The summed E-state index contributed by atoms with van der Waals surface area (Å²) in [6, 6.07) is 0.204. The molecule has 0 aromatic heterocycles. The molecule has 2 heterocycles. The Morgan fingerprint density at radius 1 is 1.24 bits per heavy atom. The van der Waals surface area contributed by atoms with Crippen LogP contribution in [-0.4, -0.2) is 56.8 Å². The highest BCUT2D eigenvalue weighted by atomic mass is 32.2. The lowest BCUT2D eigenvalue weighted by molar-refractivity contribution is 0.231. The van der Waals surface area contributed by atoms with Crippen LogP contribution in [0.15, 0.2) is 0 Å². The molecule has 2 fully saturated rings. The van der Waals surface area contributed by atoms with Crippen LogP contribution in [0.2, 0.25) is 0 Å². The standard InChI is InChI=1S/C11H23N3O2S/c1-13(2)17(15,16)14-8-4-6-11(14)10-5-3-7-12-9-10/h10-12H,3-9H2,1-2H3. The molecule has 1 N–H and O–H groups in total. The van der Waals surface area contributed by atoms with Crippen molar-refractivity contribution in [1.82, 2.24) is 13.9 Å². The Labute approximate surface area is 104 Å². The van der Waals surface area contributed by atoms with Crippen molar-refractivity contribution in [2.75, 3.05) is 33.7 Å². The predicted molar refractivity (Wildman–Crippen MR) is 67.9 cm³/mol. The molecule has 2 rings (SSSR count). The normalized spacial score (nSPS) is 32.2. The number of nitrogens with zero attached hydrogens (tertiary/aromatic N) is 2. The second kappa shape index (κ2) is 5.22. The molecule has 2 saturated heterocycles. The van der Waals surface area contributed by atoms with Crippen LogP contribution in [0.5, 0.6) is 0 Å². The highest BCUT2D eigenvalue weighted by Gasteiger charge is 2.39. The second-order valence-corrected chi connectivity index (χ2v) is 7.31. The lowest BCUT2D eigenvalue weighted by atomic mass is 9.91. The largest absolute Gasteiger partial charge is 0.316 e. The molecule has 100 valence electrons. The summed E-state index contributed by atoms with van der Waals surface area (Å²) in [6.45, 7) is 2.72. The van der Waals surface area contributed by atoms with Gasteiger partial charge in [-0.05, 0) is 44.7 Å². The molecule has 2 aliphatic rings. The van der Waals surface area contributed by atoms with E-state index in [0.717, 1.165) is 38.8 Å². The Kier molecular flexibility index (Phi) is 4.07. The third-order valence-electron chi connectivity index (χ3n) is 3.89. The van der Waals surface area contributed by atoms with Gasteiger partial charge in [-0.1, -0.05) is 0 Å². The Morgan fingerprint density at radius 2 is 2.00 bits per heavy atom. The maximum atomic E-state index is 12.2. The molecule has 2 atom stereocenters. The Balaban J connectivity index is 2.11. The Bertz CT molecular complexity index is 350. The molecule has 2 aliphatic heterocycles. The van der Waals surface area contributed by atoms with Gasteiger partial charge in [-0.15, -0.1) is 0 Å². The van der Waals surface area contributed by atoms with E-state index in [2.05, 4.69) is 5.32 Å². The van der Waals surface area contributed by atoms with Gasteiger partial charge >= 0.3 is 0 Å². The van der Waals surface area contributed by atoms with E-state index >= 15 is 0 Å². The summed E-state index contributed by atoms with van der Waals surface area (Å²) in [7, 11) is -0.00640. The zero-order valence-electron chi connectivity index (χ0n) is 10.7. The number of piperidine rings is 1. The van der Waals surface area contributed by atoms with Crippen molar-refractivity contribution < 1.29 is 8.42 Å². The van der Waals surface area contributed by atoms with Crippen molar-refractivity contribution >= 4 is 10.2 Å². The van der Waals surface area contributed by atoms with E-state index in [0.29, 0.717) is 12.5 Å². The monoisotopic (exact) mass is 261 g/mol. The SMILES string of the molecule is CN(C)S(=O)(=O)N1CCCC1C1CCCNC1. The molecule has 0 aromatic rings. The van der Waals surface area contributed by atoms with Crippen LogP contribution < -0.4 is 5.32 Å². The van der Waals surface area contributed by atoms with Gasteiger partial charge in [0.15, 0.2) is 0 Å². The molecule has 0 aromatic carbocycles. The summed E-state index contributed by atoms with van der Waals surface area (Å²) in [6.07, 6.45) is 4.32. The van der Waals surface area contributed by atoms with Crippen molar-refractivity contribution in [3.05, 3.63) is 0 Å². The molecule has 0 radical (unpaired) electrons. The molecule has 0 saturated carbocycles. The molecule has 6 heteroatoms. The topological polar surface area (TPSA) is 52.7 Å². The van der Waals surface area contributed by atoms with Crippen molar-refractivity contribution in [2.45, 2.75) is 31.7 Å². The predicted octanol–water partition coefficient (Wildman–Crippen LogP) is 0.257. The van der Waals surface area contributed by atoms with Crippen LogP contribution in [0.4, 0.5) is 0 Å². The summed E-state index contributed by atoms with van der Waals surface area (Å²) in [4.78, 5) is 0.